The third kappa shape index (κ3) is 4.95. The first kappa shape index (κ1) is 23.6. The van der Waals surface area contributed by atoms with E-state index in [1.54, 1.807) is 16.8 Å². The fourth-order valence-electron chi connectivity index (χ4n) is 3.82. The standard InChI is InChI=1S/C25H21ClN6O3S/c1-16(33)27-20-11-13-21(14-12-20)36(34,35)31-24-29-25-28-22(17-7-9-19(26)10-8-17)15-23(32(25)30-24)18-5-3-2-4-6-18/h2-15,23H,1H3,(H,27,33)(H2,28,29,30,31)/t23-/m1/s1. The average molecular weight is 521 g/mol. The van der Waals surface area contributed by atoms with E-state index in [2.05, 4.69) is 25.4 Å². The van der Waals surface area contributed by atoms with E-state index in [1.165, 1.54) is 31.2 Å². The Morgan fingerprint density at radius 2 is 1.69 bits per heavy atom. The lowest BCUT2D eigenvalue weighted by atomic mass is 10.0. The number of halogens is 1. The molecule has 0 spiro atoms. The first-order valence-electron chi connectivity index (χ1n) is 11.0. The van der Waals surface area contributed by atoms with Crippen LogP contribution in [0.15, 0.2) is 89.8 Å². The molecule has 0 bridgehead atoms. The predicted molar refractivity (Wildman–Crippen MR) is 139 cm³/mol. The molecule has 0 aliphatic carbocycles. The number of aromatic nitrogens is 3. The van der Waals surface area contributed by atoms with Crippen LogP contribution in [0.1, 0.15) is 24.1 Å². The van der Waals surface area contributed by atoms with E-state index in [9.17, 15) is 13.2 Å². The van der Waals surface area contributed by atoms with Crippen molar-refractivity contribution in [2.24, 2.45) is 0 Å². The summed E-state index contributed by atoms with van der Waals surface area (Å²) in [4.78, 5) is 15.6. The predicted octanol–water partition coefficient (Wildman–Crippen LogP) is 4.75. The van der Waals surface area contributed by atoms with Gasteiger partial charge in [-0.2, -0.15) is 4.98 Å². The van der Waals surface area contributed by atoms with E-state index in [4.69, 9.17) is 11.6 Å². The molecule has 3 aromatic carbocycles. The molecule has 0 fully saturated rings. The van der Waals surface area contributed by atoms with E-state index >= 15 is 0 Å². The molecule has 182 valence electrons. The number of anilines is 3. The monoisotopic (exact) mass is 520 g/mol. The summed E-state index contributed by atoms with van der Waals surface area (Å²) >= 11 is 6.05. The van der Waals surface area contributed by atoms with Crippen LogP contribution in [0.5, 0.6) is 0 Å². The smallest absolute Gasteiger partial charge is 0.264 e. The van der Waals surface area contributed by atoms with Gasteiger partial charge in [0.25, 0.3) is 16.0 Å². The molecule has 1 aliphatic rings. The third-order valence-corrected chi connectivity index (χ3v) is 7.07. The van der Waals surface area contributed by atoms with Crippen molar-refractivity contribution in [3.8, 4) is 0 Å². The van der Waals surface area contributed by atoms with Gasteiger partial charge in [-0.05, 0) is 53.6 Å². The molecule has 0 saturated heterocycles. The number of hydrogen-bond donors (Lipinski definition) is 3. The maximum atomic E-state index is 13.0. The quantitative estimate of drug-likeness (QED) is 0.338. The summed E-state index contributed by atoms with van der Waals surface area (Å²) in [5.41, 5.74) is 3.15. The highest BCUT2D eigenvalue weighted by Gasteiger charge is 2.27. The maximum Gasteiger partial charge on any atom is 0.264 e. The van der Waals surface area contributed by atoms with Crippen molar-refractivity contribution in [3.63, 3.8) is 0 Å². The SMILES string of the molecule is CC(=O)Nc1ccc(S(=O)(=O)Nc2nc3n(n2)[C@@H](c2ccccc2)C=C(c2ccc(Cl)cc2)N3)cc1. The lowest BCUT2D eigenvalue weighted by molar-refractivity contribution is -0.114. The van der Waals surface area contributed by atoms with E-state index in [0.29, 0.717) is 16.7 Å². The maximum absolute atomic E-state index is 13.0. The van der Waals surface area contributed by atoms with Crippen LogP contribution in [-0.2, 0) is 14.8 Å². The largest absolute Gasteiger partial charge is 0.326 e. The summed E-state index contributed by atoms with van der Waals surface area (Å²) in [6.07, 6.45) is 2.00. The Labute approximate surface area is 212 Å². The number of rotatable bonds is 6. The lowest BCUT2D eigenvalue weighted by Crippen LogP contribution is -2.20. The van der Waals surface area contributed by atoms with Crippen LogP contribution in [0.25, 0.3) is 5.70 Å². The Morgan fingerprint density at radius 1 is 1.00 bits per heavy atom. The van der Waals surface area contributed by atoms with E-state index in [1.807, 2.05) is 48.5 Å². The number of carbonyl (C=O) groups is 1. The second kappa shape index (κ2) is 9.48. The molecule has 11 heteroatoms. The van der Waals surface area contributed by atoms with Gasteiger partial charge >= 0.3 is 0 Å². The van der Waals surface area contributed by atoms with Crippen molar-refractivity contribution in [1.29, 1.82) is 0 Å². The van der Waals surface area contributed by atoms with Crippen LogP contribution in [0.3, 0.4) is 0 Å². The second-order valence-corrected chi connectivity index (χ2v) is 10.2. The third-order valence-electron chi connectivity index (χ3n) is 5.47. The zero-order valence-corrected chi connectivity index (χ0v) is 20.6. The minimum Gasteiger partial charge on any atom is -0.326 e. The molecule has 36 heavy (non-hydrogen) atoms. The topological polar surface area (TPSA) is 118 Å². The average Bonchev–Trinajstić information content (AvgIpc) is 3.26. The number of hydrogen-bond acceptors (Lipinski definition) is 6. The summed E-state index contributed by atoms with van der Waals surface area (Å²) in [6, 6.07) is 22.6. The Balaban J connectivity index is 1.46. The van der Waals surface area contributed by atoms with Crippen LogP contribution in [0.2, 0.25) is 5.02 Å². The van der Waals surface area contributed by atoms with E-state index < -0.39 is 10.0 Å². The molecule has 4 aromatic rings. The van der Waals surface area contributed by atoms with Crippen molar-refractivity contribution in [1.82, 2.24) is 14.8 Å². The Bertz CT molecular complexity index is 1550. The molecule has 1 atom stereocenters. The molecule has 2 heterocycles. The Kier molecular flexibility index (Phi) is 6.21. The molecule has 0 unspecified atom stereocenters. The van der Waals surface area contributed by atoms with E-state index in [-0.39, 0.29) is 22.8 Å². The van der Waals surface area contributed by atoms with Crippen LogP contribution in [-0.4, -0.2) is 29.1 Å². The van der Waals surface area contributed by atoms with Crippen LogP contribution in [0, 0.1) is 0 Å². The minimum atomic E-state index is -3.97. The highest BCUT2D eigenvalue weighted by molar-refractivity contribution is 7.92. The lowest BCUT2D eigenvalue weighted by Gasteiger charge is -2.24. The highest BCUT2D eigenvalue weighted by atomic mass is 35.5. The number of nitrogens with zero attached hydrogens (tertiary/aromatic N) is 3. The molecule has 5 rings (SSSR count). The molecule has 1 aliphatic heterocycles. The zero-order valence-electron chi connectivity index (χ0n) is 19.0. The molecular formula is C25H21ClN6O3S. The van der Waals surface area contributed by atoms with Gasteiger partial charge in [-0.15, -0.1) is 5.10 Å². The number of carbonyl (C=O) groups excluding carboxylic acids is 1. The summed E-state index contributed by atoms with van der Waals surface area (Å²) in [5, 5.41) is 10.9. The van der Waals surface area contributed by atoms with Crippen molar-refractivity contribution < 1.29 is 13.2 Å². The van der Waals surface area contributed by atoms with Gasteiger partial charge in [0.1, 0.15) is 6.04 Å². The van der Waals surface area contributed by atoms with Gasteiger partial charge in [0.2, 0.25) is 11.9 Å². The van der Waals surface area contributed by atoms with Gasteiger partial charge in [0.15, 0.2) is 0 Å². The number of amides is 1. The number of sulfonamides is 1. The minimum absolute atomic E-state index is 0.0110. The van der Waals surface area contributed by atoms with Crippen LogP contribution >= 0.6 is 11.6 Å². The molecule has 0 saturated carbocycles. The number of allylic oxidation sites excluding steroid dienone is 1. The summed E-state index contributed by atoms with van der Waals surface area (Å²) in [6.45, 7) is 1.38. The van der Waals surface area contributed by atoms with Crippen molar-refractivity contribution in [2.45, 2.75) is 17.9 Å². The van der Waals surface area contributed by atoms with Crippen LogP contribution < -0.4 is 15.4 Å². The summed E-state index contributed by atoms with van der Waals surface area (Å²) in [5.74, 6) is 0.0636. The number of nitrogens with one attached hydrogen (secondary N) is 3. The first-order chi connectivity index (χ1) is 17.3. The zero-order chi connectivity index (χ0) is 25.3. The summed E-state index contributed by atoms with van der Waals surface area (Å²) < 4.78 is 30.0. The Hall–Kier alpha value is -4.15. The second-order valence-electron chi connectivity index (χ2n) is 8.08. The van der Waals surface area contributed by atoms with Gasteiger partial charge < -0.3 is 10.6 Å². The normalized spacial score (nSPS) is 14.8. The first-order valence-corrected chi connectivity index (χ1v) is 12.8. The fraction of sp³-hybridized carbons (Fsp3) is 0.0800. The number of benzene rings is 3. The van der Waals surface area contributed by atoms with Gasteiger partial charge in [-0.1, -0.05) is 54.1 Å². The number of fused-ring (bicyclic) bond motifs is 1. The Morgan fingerprint density at radius 3 is 2.36 bits per heavy atom. The summed E-state index contributed by atoms with van der Waals surface area (Å²) in [7, 11) is -3.97. The molecule has 9 nitrogen and oxygen atoms in total. The molecule has 3 N–H and O–H groups in total. The molecule has 1 amide bonds. The molecular weight excluding hydrogens is 500 g/mol. The fourth-order valence-corrected chi connectivity index (χ4v) is 4.89. The van der Waals surface area contributed by atoms with Crippen molar-refractivity contribution in [2.75, 3.05) is 15.4 Å². The van der Waals surface area contributed by atoms with Gasteiger partial charge in [0.05, 0.1) is 4.90 Å². The van der Waals surface area contributed by atoms with Crippen LogP contribution in [0.4, 0.5) is 17.6 Å². The highest BCUT2D eigenvalue weighted by Crippen LogP contribution is 2.33. The molecule has 0 radical (unpaired) electrons. The van der Waals surface area contributed by atoms with E-state index in [0.717, 1.165) is 16.8 Å². The van der Waals surface area contributed by atoms with Crippen molar-refractivity contribution in [3.05, 3.63) is 101 Å². The van der Waals surface area contributed by atoms with Gasteiger partial charge in [0, 0.05) is 23.3 Å². The van der Waals surface area contributed by atoms with Gasteiger partial charge in [-0.25, -0.2) is 17.8 Å². The molecule has 1 aromatic heterocycles. The van der Waals surface area contributed by atoms with Gasteiger partial charge in [-0.3, -0.25) is 4.79 Å². The van der Waals surface area contributed by atoms with Crippen molar-refractivity contribution >= 4 is 50.8 Å².